The third kappa shape index (κ3) is 5.33. The highest BCUT2D eigenvalue weighted by atomic mass is 32.2. The average Bonchev–Trinajstić information content (AvgIpc) is 3.14. The van der Waals surface area contributed by atoms with Gasteiger partial charge in [0.2, 0.25) is 10.0 Å². The summed E-state index contributed by atoms with van der Waals surface area (Å²) in [7, 11) is -3.66. The van der Waals surface area contributed by atoms with Crippen molar-refractivity contribution in [3.63, 3.8) is 0 Å². The van der Waals surface area contributed by atoms with E-state index in [9.17, 15) is 13.2 Å². The summed E-state index contributed by atoms with van der Waals surface area (Å²) < 4.78 is 33.1. The van der Waals surface area contributed by atoms with Crippen LogP contribution in [-0.4, -0.2) is 26.5 Å². The molecular formula is C21H26N2O4S. The molecule has 0 heterocycles. The van der Waals surface area contributed by atoms with E-state index >= 15 is 0 Å². The summed E-state index contributed by atoms with van der Waals surface area (Å²) in [5, 5.41) is 2.81. The molecule has 2 aromatic carbocycles. The monoisotopic (exact) mass is 402 g/mol. The standard InChI is InChI=1S/C21H26N2O4S/c1-15(2)23-28(25,26)20-12-5-7-16(13-20)21(24)22-17-8-6-11-19(14-17)27-18-9-3-4-10-18/h5-8,11-15,18,23H,3-4,9-10H2,1-2H3,(H,22,24). The maximum atomic E-state index is 12.6. The maximum absolute atomic E-state index is 12.6. The lowest BCUT2D eigenvalue weighted by Gasteiger charge is -2.14. The molecule has 0 aliphatic heterocycles. The van der Waals surface area contributed by atoms with Crippen LogP contribution in [0.25, 0.3) is 0 Å². The summed E-state index contributed by atoms with van der Waals surface area (Å²) in [6.07, 6.45) is 4.73. The van der Waals surface area contributed by atoms with E-state index in [2.05, 4.69) is 10.0 Å². The molecule has 0 unspecified atom stereocenters. The van der Waals surface area contributed by atoms with Crippen LogP contribution in [0.2, 0.25) is 0 Å². The fourth-order valence-electron chi connectivity index (χ4n) is 3.23. The van der Waals surface area contributed by atoms with Crippen LogP contribution in [0.4, 0.5) is 5.69 Å². The molecule has 1 saturated carbocycles. The van der Waals surface area contributed by atoms with Crippen molar-refractivity contribution in [2.45, 2.75) is 56.6 Å². The molecule has 150 valence electrons. The van der Waals surface area contributed by atoms with Crippen LogP contribution < -0.4 is 14.8 Å². The van der Waals surface area contributed by atoms with Crippen LogP contribution >= 0.6 is 0 Å². The third-order valence-electron chi connectivity index (χ3n) is 4.49. The number of benzene rings is 2. The second-order valence-corrected chi connectivity index (χ2v) is 9.02. The molecule has 1 amide bonds. The molecule has 0 saturated heterocycles. The van der Waals surface area contributed by atoms with Crippen LogP contribution in [0.5, 0.6) is 5.75 Å². The van der Waals surface area contributed by atoms with Gasteiger partial charge in [0.15, 0.2) is 0 Å². The summed E-state index contributed by atoms with van der Waals surface area (Å²) in [6, 6.07) is 13.0. The summed E-state index contributed by atoms with van der Waals surface area (Å²) in [6.45, 7) is 3.49. The molecule has 0 spiro atoms. The lowest BCUT2D eigenvalue weighted by atomic mass is 10.2. The molecule has 1 aliphatic rings. The number of rotatable bonds is 7. The van der Waals surface area contributed by atoms with E-state index in [1.807, 2.05) is 12.1 Å². The van der Waals surface area contributed by atoms with Crippen molar-refractivity contribution < 1.29 is 17.9 Å². The van der Waals surface area contributed by atoms with Gasteiger partial charge in [0.25, 0.3) is 5.91 Å². The van der Waals surface area contributed by atoms with E-state index < -0.39 is 10.0 Å². The summed E-state index contributed by atoms with van der Waals surface area (Å²) >= 11 is 0. The van der Waals surface area contributed by atoms with Crippen LogP contribution in [0.3, 0.4) is 0 Å². The minimum atomic E-state index is -3.66. The smallest absolute Gasteiger partial charge is 0.255 e. The lowest BCUT2D eigenvalue weighted by molar-refractivity contribution is 0.102. The largest absolute Gasteiger partial charge is 0.490 e. The molecule has 3 rings (SSSR count). The van der Waals surface area contributed by atoms with E-state index in [-0.39, 0.29) is 28.5 Å². The van der Waals surface area contributed by atoms with Gasteiger partial charge in [-0.2, -0.15) is 0 Å². The van der Waals surface area contributed by atoms with Crippen LogP contribution in [0.1, 0.15) is 49.9 Å². The van der Waals surface area contributed by atoms with Crippen molar-refractivity contribution in [2.75, 3.05) is 5.32 Å². The van der Waals surface area contributed by atoms with Gasteiger partial charge in [-0.15, -0.1) is 0 Å². The number of hydrogen-bond donors (Lipinski definition) is 2. The van der Waals surface area contributed by atoms with Gasteiger partial charge in [-0.1, -0.05) is 12.1 Å². The number of amides is 1. The Morgan fingerprint density at radius 1 is 1.07 bits per heavy atom. The molecule has 2 aromatic rings. The van der Waals surface area contributed by atoms with E-state index in [0.717, 1.165) is 18.6 Å². The Balaban J connectivity index is 1.72. The van der Waals surface area contributed by atoms with Crippen LogP contribution in [0.15, 0.2) is 53.4 Å². The lowest BCUT2D eigenvalue weighted by Crippen LogP contribution is -2.30. The summed E-state index contributed by atoms with van der Waals surface area (Å²) in [4.78, 5) is 12.7. The Bertz CT molecular complexity index is 935. The van der Waals surface area contributed by atoms with Gasteiger partial charge in [-0.25, -0.2) is 13.1 Å². The zero-order valence-electron chi connectivity index (χ0n) is 16.1. The number of anilines is 1. The Hall–Kier alpha value is -2.38. The van der Waals surface area contributed by atoms with E-state index in [1.165, 1.54) is 25.0 Å². The molecule has 0 atom stereocenters. The number of nitrogens with one attached hydrogen (secondary N) is 2. The van der Waals surface area contributed by atoms with Gasteiger partial charge in [0, 0.05) is 23.4 Å². The fraction of sp³-hybridized carbons (Fsp3) is 0.381. The molecule has 0 aromatic heterocycles. The van der Waals surface area contributed by atoms with Gasteiger partial charge in [0.1, 0.15) is 5.75 Å². The number of ether oxygens (including phenoxy) is 1. The van der Waals surface area contributed by atoms with Crippen molar-refractivity contribution in [3.8, 4) is 5.75 Å². The van der Waals surface area contributed by atoms with E-state index in [1.54, 1.807) is 38.1 Å². The second-order valence-electron chi connectivity index (χ2n) is 7.31. The topological polar surface area (TPSA) is 84.5 Å². The van der Waals surface area contributed by atoms with Gasteiger partial charge in [-0.05, 0) is 69.9 Å². The molecular weight excluding hydrogens is 376 g/mol. The first-order valence-corrected chi connectivity index (χ1v) is 11.0. The number of carbonyl (C=O) groups excluding carboxylic acids is 1. The minimum Gasteiger partial charge on any atom is -0.490 e. The molecule has 6 nitrogen and oxygen atoms in total. The molecule has 1 fully saturated rings. The normalized spacial score (nSPS) is 15.0. The van der Waals surface area contributed by atoms with Crippen LogP contribution in [0, 0.1) is 0 Å². The highest BCUT2D eigenvalue weighted by Crippen LogP contribution is 2.26. The maximum Gasteiger partial charge on any atom is 0.255 e. The van der Waals surface area contributed by atoms with Crippen molar-refractivity contribution >= 4 is 21.6 Å². The quantitative estimate of drug-likeness (QED) is 0.734. The van der Waals surface area contributed by atoms with Crippen molar-refractivity contribution in [3.05, 3.63) is 54.1 Å². The molecule has 0 radical (unpaired) electrons. The first kappa shape index (κ1) is 20.4. The predicted molar refractivity (Wildman–Crippen MR) is 109 cm³/mol. The Labute approximate surface area is 166 Å². The zero-order chi connectivity index (χ0) is 20.1. The van der Waals surface area contributed by atoms with Crippen LogP contribution in [-0.2, 0) is 10.0 Å². The zero-order valence-corrected chi connectivity index (χ0v) is 17.0. The SMILES string of the molecule is CC(C)NS(=O)(=O)c1cccc(C(=O)Nc2cccc(OC3CCCC3)c2)c1. The Morgan fingerprint density at radius 3 is 2.50 bits per heavy atom. The van der Waals surface area contributed by atoms with Gasteiger partial charge in [0.05, 0.1) is 11.0 Å². The molecule has 28 heavy (non-hydrogen) atoms. The third-order valence-corrected chi connectivity index (χ3v) is 6.15. The van der Waals surface area contributed by atoms with Crippen molar-refractivity contribution in [1.29, 1.82) is 0 Å². The molecule has 7 heteroatoms. The Morgan fingerprint density at radius 2 is 1.79 bits per heavy atom. The highest BCUT2D eigenvalue weighted by molar-refractivity contribution is 7.89. The van der Waals surface area contributed by atoms with Gasteiger partial charge in [-0.3, -0.25) is 4.79 Å². The second kappa shape index (κ2) is 8.75. The van der Waals surface area contributed by atoms with Crippen molar-refractivity contribution in [2.24, 2.45) is 0 Å². The number of carbonyl (C=O) groups is 1. The van der Waals surface area contributed by atoms with E-state index in [4.69, 9.17) is 4.74 Å². The average molecular weight is 403 g/mol. The van der Waals surface area contributed by atoms with Crippen molar-refractivity contribution in [1.82, 2.24) is 4.72 Å². The molecule has 2 N–H and O–H groups in total. The predicted octanol–water partition coefficient (Wildman–Crippen LogP) is 3.95. The van der Waals surface area contributed by atoms with E-state index in [0.29, 0.717) is 5.69 Å². The first-order valence-electron chi connectivity index (χ1n) is 9.54. The Kier molecular flexibility index (Phi) is 6.36. The highest BCUT2D eigenvalue weighted by Gasteiger charge is 2.18. The minimum absolute atomic E-state index is 0.0622. The first-order chi connectivity index (χ1) is 13.3. The van der Waals surface area contributed by atoms with Gasteiger partial charge < -0.3 is 10.1 Å². The molecule has 1 aliphatic carbocycles. The number of sulfonamides is 1. The summed E-state index contributed by atoms with van der Waals surface area (Å²) in [5.41, 5.74) is 0.878. The summed E-state index contributed by atoms with van der Waals surface area (Å²) in [5.74, 6) is 0.349. The van der Waals surface area contributed by atoms with Gasteiger partial charge >= 0.3 is 0 Å². The fourth-order valence-corrected chi connectivity index (χ4v) is 4.53. The number of hydrogen-bond acceptors (Lipinski definition) is 4. The molecule has 0 bridgehead atoms.